The van der Waals surface area contributed by atoms with E-state index in [0.29, 0.717) is 6.42 Å². The molecule has 4 N–H and O–H groups in total. The third-order valence-electron chi connectivity index (χ3n) is 2.18. The number of hydrogen-bond donors (Lipinski definition) is 2. The number of carbonyl (C=O) groups excluding carboxylic acids is 1. The molecule has 0 rings (SSSR count). The highest BCUT2D eigenvalue weighted by atomic mass is 32.2. The highest BCUT2D eigenvalue weighted by Gasteiger charge is 2.29. The van der Waals surface area contributed by atoms with Crippen molar-refractivity contribution in [3.8, 4) is 0 Å². The van der Waals surface area contributed by atoms with Crippen molar-refractivity contribution in [3.05, 3.63) is 0 Å². The first kappa shape index (κ1) is 14.3. The van der Waals surface area contributed by atoms with Crippen molar-refractivity contribution in [2.45, 2.75) is 25.5 Å². The van der Waals surface area contributed by atoms with Crippen LogP contribution in [0.5, 0.6) is 0 Å². The van der Waals surface area contributed by atoms with Crippen LogP contribution in [0.4, 0.5) is 0 Å². The van der Waals surface area contributed by atoms with Crippen LogP contribution in [0.1, 0.15) is 20.3 Å². The number of sulfonamides is 1. The quantitative estimate of drug-likeness (QED) is 0.583. The second-order valence-electron chi connectivity index (χ2n) is 3.20. The second kappa shape index (κ2) is 6.04. The summed E-state index contributed by atoms with van der Waals surface area (Å²) in [7, 11) is -3.50. The van der Waals surface area contributed by atoms with Gasteiger partial charge in [-0.3, -0.25) is 4.79 Å². The molecule has 1 atom stereocenters. The Kier molecular flexibility index (Phi) is 5.77. The molecule has 0 aromatic carbocycles. The van der Waals surface area contributed by atoms with E-state index in [1.807, 2.05) is 0 Å². The van der Waals surface area contributed by atoms with Gasteiger partial charge in [-0.2, -0.15) is 4.31 Å². The van der Waals surface area contributed by atoms with Crippen LogP contribution in [0.2, 0.25) is 0 Å². The smallest absolute Gasteiger partial charge is 0.232 e. The van der Waals surface area contributed by atoms with Gasteiger partial charge in [0.05, 0.1) is 11.8 Å². The highest BCUT2D eigenvalue weighted by Crippen LogP contribution is 2.10. The Hall–Kier alpha value is -0.660. The lowest BCUT2D eigenvalue weighted by Gasteiger charge is -2.23. The van der Waals surface area contributed by atoms with Gasteiger partial charge in [0.2, 0.25) is 15.9 Å². The number of rotatable bonds is 7. The molecule has 0 radical (unpaired) electrons. The average Bonchev–Trinajstić information content (AvgIpc) is 2.15. The predicted octanol–water partition coefficient (Wildman–Crippen LogP) is -1.14. The Bertz CT molecular complexity index is 298. The summed E-state index contributed by atoms with van der Waals surface area (Å²) in [6.45, 7) is 3.39. The van der Waals surface area contributed by atoms with E-state index in [4.69, 9.17) is 11.5 Å². The molecule has 1 unspecified atom stereocenters. The molecule has 0 aliphatic heterocycles. The van der Waals surface area contributed by atoms with Gasteiger partial charge in [-0.25, -0.2) is 8.42 Å². The molecule has 0 fully saturated rings. The van der Waals surface area contributed by atoms with E-state index in [0.717, 1.165) is 4.31 Å². The van der Waals surface area contributed by atoms with Gasteiger partial charge < -0.3 is 11.5 Å². The summed E-state index contributed by atoms with van der Waals surface area (Å²) in [6, 6.07) is 0. The first-order valence-electron chi connectivity index (χ1n) is 4.87. The maximum absolute atomic E-state index is 11.9. The number of likely N-dealkylation sites (N-methyl/N-ethyl adjacent to an activating group) is 1. The van der Waals surface area contributed by atoms with Crippen molar-refractivity contribution in [2.75, 3.05) is 19.6 Å². The summed E-state index contributed by atoms with van der Waals surface area (Å²) in [6.07, 6.45) is 0.425. The SMILES string of the molecule is CCC(CN)S(=O)(=O)N(CC)CC(N)=O. The van der Waals surface area contributed by atoms with Crippen molar-refractivity contribution in [2.24, 2.45) is 11.5 Å². The fraction of sp³-hybridized carbons (Fsp3) is 0.875. The summed E-state index contributed by atoms with van der Waals surface area (Å²) < 4.78 is 24.9. The third kappa shape index (κ3) is 3.77. The largest absolute Gasteiger partial charge is 0.369 e. The summed E-state index contributed by atoms with van der Waals surface area (Å²) in [5.41, 5.74) is 10.3. The number of carbonyl (C=O) groups is 1. The van der Waals surface area contributed by atoms with Gasteiger partial charge in [0.15, 0.2) is 0 Å². The Morgan fingerprint density at radius 3 is 2.20 bits per heavy atom. The lowest BCUT2D eigenvalue weighted by molar-refractivity contribution is -0.118. The van der Waals surface area contributed by atoms with Crippen LogP contribution in [0.25, 0.3) is 0 Å². The maximum Gasteiger partial charge on any atom is 0.232 e. The lowest BCUT2D eigenvalue weighted by Crippen LogP contribution is -2.45. The van der Waals surface area contributed by atoms with E-state index >= 15 is 0 Å². The molecule has 0 saturated heterocycles. The zero-order valence-electron chi connectivity index (χ0n) is 9.14. The van der Waals surface area contributed by atoms with Gasteiger partial charge in [-0.1, -0.05) is 13.8 Å². The molecule has 7 heteroatoms. The van der Waals surface area contributed by atoms with E-state index in [-0.39, 0.29) is 19.6 Å². The minimum atomic E-state index is -3.50. The minimum absolute atomic E-state index is 0.0497. The summed E-state index contributed by atoms with van der Waals surface area (Å²) in [4.78, 5) is 10.7. The molecular formula is C8H19N3O3S. The highest BCUT2D eigenvalue weighted by molar-refractivity contribution is 7.89. The van der Waals surface area contributed by atoms with Crippen molar-refractivity contribution < 1.29 is 13.2 Å². The van der Waals surface area contributed by atoms with Gasteiger partial charge >= 0.3 is 0 Å². The molecule has 0 aliphatic carbocycles. The molecule has 0 saturated carbocycles. The standard InChI is InChI=1S/C8H19N3O3S/c1-3-7(5-9)15(13,14)11(4-2)6-8(10)12/h7H,3-6,9H2,1-2H3,(H2,10,12). The molecule has 90 valence electrons. The van der Waals surface area contributed by atoms with Crippen molar-refractivity contribution >= 4 is 15.9 Å². The molecule has 0 aromatic rings. The zero-order valence-corrected chi connectivity index (χ0v) is 9.96. The monoisotopic (exact) mass is 237 g/mol. The lowest BCUT2D eigenvalue weighted by atomic mass is 10.3. The summed E-state index contributed by atoms with van der Waals surface area (Å²) in [5, 5.41) is -0.642. The number of amides is 1. The van der Waals surface area contributed by atoms with Crippen LogP contribution >= 0.6 is 0 Å². The molecule has 15 heavy (non-hydrogen) atoms. The van der Waals surface area contributed by atoms with E-state index in [1.54, 1.807) is 13.8 Å². The first-order valence-corrected chi connectivity index (χ1v) is 6.37. The van der Waals surface area contributed by atoms with Crippen LogP contribution < -0.4 is 11.5 Å². The van der Waals surface area contributed by atoms with E-state index in [2.05, 4.69) is 0 Å². The average molecular weight is 237 g/mol. The molecule has 1 amide bonds. The molecule has 0 aromatic heterocycles. The van der Waals surface area contributed by atoms with Crippen LogP contribution in [0.15, 0.2) is 0 Å². The second-order valence-corrected chi connectivity index (χ2v) is 5.42. The summed E-state index contributed by atoms with van der Waals surface area (Å²) in [5.74, 6) is -0.660. The van der Waals surface area contributed by atoms with Gasteiger partial charge in [0, 0.05) is 13.1 Å². The van der Waals surface area contributed by atoms with Crippen LogP contribution in [0.3, 0.4) is 0 Å². The first-order chi connectivity index (χ1) is 6.89. The molecule has 0 spiro atoms. The topological polar surface area (TPSA) is 106 Å². The number of nitrogens with zero attached hydrogens (tertiary/aromatic N) is 1. The minimum Gasteiger partial charge on any atom is -0.369 e. The molecular weight excluding hydrogens is 218 g/mol. The Labute approximate surface area is 90.7 Å². The fourth-order valence-electron chi connectivity index (χ4n) is 1.27. The number of hydrogen-bond acceptors (Lipinski definition) is 4. The zero-order chi connectivity index (χ0) is 12.1. The van der Waals surface area contributed by atoms with Crippen molar-refractivity contribution in [1.29, 1.82) is 0 Å². The third-order valence-corrected chi connectivity index (χ3v) is 4.66. The van der Waals surface area contributed by atoms with Crippen LogP contribution in [-0.2, 0) is 14.8 Å². The molecule has 0 heterocycles. The van der Waals surface area contributed by atoms with Gasteiger partial charge in [0.25, 0.3) is 0 Å². The fourth-order valence-corrected chi connectivity index (χ4v) is 3.02. The Balaban J connectivity index is 4.87. The van der Waals surface area contributed by atoms with Crippen LogP contribution in [0, 0.1) is 0 Å². The Morgan fingerprint density at radius 1 is 1.40 bits per heavy atom. The van der Waals surface area contributed by atoms with Gasteiger partial charge in [0.1, 0.15) is 0 Å². The van der Waals surface area contributed by atoms with Gasteiger partial charge in [-0.15, -0.1) is 0 Å². The summed E-state index contributed by atoms with van der Waals surface area (Å²) >= 11 is 0. The van der Waals surface area contributed by atoms with E-state index in [9.17, 15) is 13.2 Å². The van der Waals surface area contributed by atoms with Gasteiger partial charge in [-0.05, 0) is 6.42 Å². The van der Waals surface area contributed by atoms with Crippen molar-refractivity contribution in [3.63, 3.8) is 0 Å². The predicted molar refractivity (Wildman–Crippen MR) is 58.5 cm³/mol. The van der Waals surface area contributed by atoms with E-state index < -0.39 is 21.2 Å². The normalized spacial score (nSPS) is 14.1. The number of primary amides is 1. The molecule has 0 aliphatic rings. The van der Waals surface area contributed by atoms with Crippen molar-refractivity contribution in [1.82, 2.24) is 4.31 Å². The number of nitrogens with two attached hydrogens (primary N) is 2. The van der Waals surface area contributed by atoms with E-state index in [1.165, 1.54) is 0 Å². The maximum atomic E-state index is 11.9. The molecule has 0 bridgehead atoms. The Morgan fingerprint density at radius 2 is 1.93 bits per heavy atom. The van der Waals surface area contributed by atoms with Crippen LogP contribution in [-0.4, -0.2) is 43.5 Å². The molecule has 6 nitrogen and oxygen atoms in total.